The van der Waals surface area contributed by atoms with Crippen LogP contribution in [0.2, 0.25) is 0 Å². The average Bonchev–Trinajstić information content (AvgIpc) is 2.65. The Hall–Kier alpha value is -1.54. The summed E-state index contributed by atoms with van der Waals surface area (Å²) in [6, 6.07) is 3.15. The zero-order valence-corrected chi connectivity index (χ0v) is 8.72. The first kappa shape index (κ1) is 10.5. The van der Waals surface area contributed by atoms with Crippen molar-refractivity contribution in [3.63, 3.8) is 0 Å². The quantitative estimate of drug-likeness (QED) is 0.820. The van der Waals surface area contributed by atoms with E-state index in [1.807, 2.05) is 6.07 Å². The summed E-state index contributed by atoms with van der Waals surface area (Å²) >= 11 is 1.29. The maximum absolute atomic E-state index is 11.5. The second-order valence-electron chi connectivity index (χ2n) is 2.64. The van der Waals surface area contributed by atoms with E-state index in [0.717, 1.165) is 0 Å². The van der Waals surface area contributed by atoms with Gasteiger partial charge in [-0.25, -0.2) is 0 Å². The lowest BCUT2D eigenvalue weighted by molar-refractivity contribution is 0.0949. The smallest absolute Gasteiger partial charge is 0.266 e. The molecule has 1 N–H and O–H groups in total. The van der Waals surface area contributed by atoms with Gasteiger partial charge in [-0.15, -0.1) is 11.3 Å². The summed E-state index contributed by atoms with van der Waals surface area (Å²) in [6.07, 6.45) is 0. The molecule has 1 rings (SSSR count). The molecule has 1 heterocycles. The van der Waals surface area contributed by atoms with Gasteiger partial charge in [-0.2, -0.15) is 5.26 Å². The van der Waals surface area contributed by atoms with Gasteiger partial charge in [0, 0.05) is 0 Å². The molecule has 4 nitrogen and oxygen atoms in total. The minimum Gasteiger partial charge on any atom is -0.495 e. The molecule has 0 fully saturated rings. The third-order valence-electron chi connectivity index (χ3n) is 1.60. The second kappa shape index (κ2) is 4.63. The van der Waals surface area contributed by atoms with Gasteiger partial charge in [0.15, 0.2) is 0 Å². The summed E-state index contributed by atoms with van der Waals surface area (Å²) in [4.78, 5) is 12.0. The van der Waals surface area contributed by atoms with E-state index in [2.05, 4.69) is 5.32 Å². The molecule has 14 heavy (non-hydrogen) atoms. The monoisotopic (exact) mass is 210 g/mol. The van der Waals surface area contributed by atoms with Crippen LogP contribution in [-0.2, 0) is 0 Å². The molecule has 0 bridgehead atoms. The summed E-state index contributed by atoms with van der Waals surface area (Å²) in [7, 11) is 1.51. The lowest BCUT2D eigenvalue weighted by atomic mass is 10.3. The van der Waals surface area contributed by atoms with Crippen LogP contribution < -0.4 is 10.1 Å². The van der Waals surface area contributed by atoms with E-state index in [4.69, 9.17) is 10.00 Å². The number of carbonyl (C=O) groups is 1. The molecule has 0 aliphatic rings. The van der Waals surface area contributed by atoms with E-state index in [-0.39, 0.29) is 5.91 Å². The Morgan fingerprint density at radius 3 is 3.07 bits per heavy atom. The highest BCUT2D eigenvalue weighted by Crippen LogP contribution is 2.23. The SMILES string of the molecule is COc1ccsc1C(=O)NC(C)C#N. The first-order valence-electron chi connectivity index (χ1n) is 4.01. The van der Waals surface area contributed by atoms with Crippen LogP contribution in [0.5, 0.6) is 5.75 Å². The van der Waals surface area contributed by atoms with Gasteiger partial charge in [-0.1, -0.05) is 0 Å². The number of nitrogens with zero attached hydrogens (tertiary/aromatic N) is 1. The molecule has 1 unspecified atom stereocenters. The van der Waals surface area contributed by atoms with Crippen molar-refractivity contribution in [1.82, 2.24) is 5.32 Å². The number of hydrogen-bond acceptors (Lipinski definition) is 4. The number of rotatable bonds is 3. The molecule has 0 spiro atoms. The zero-order chi connectivity index (χ0) is 10.6. The Labute approximate surface area is 86.1 Å². The van der Waals surface area contributed by atoms with Crippen molar-refractivity contribution in [3.05, 3.63) is 16.3 Å². The first-order chi connectivity index (χ1) is 6.69. The van der Waals surface area contributed by atoms with Crippen LogP contribution in [0.25, 0.3) is 0 Å². The van der Waals surface area contributed by atoms with E-state index < -0.39 is 6.04 Å². The van der Waals surface area contributed by atoms with Crippen LogP contribution in [-0.4, -0.2) is 19.1 Å². The predicted octanol–water partition coefficient (Wildman–Crippen LogP) is 1.40. The number of methoxy groups -OCH3 is 1. The molecule has 1 aromatic heterocycles. The van der Waals surface area contributed by atoms with Gasteiger partial charge < -0.3 is 10.1 Å². The lowest BCUT2D eigenvalue weighted by Crippen LogP contribution is -2.30. The molecule has 0 saturated heterocycles. The average molecular weight is 210 g/mol. The van der Waals surface area contributed by atoms with Gasteiger partial charge in [0.05, 0.1) is 13.2 Å². The van der Waals surface area contributed by atoms with Gasteiger partial charge >= 0.3 is 0 Å². The molecule has 0 saturated carbocycles. The van der Waals surface area contributed by atoms with Crippen molar-refractivity contribution in [1.29, 1.82) is 5.26 Å². The fraction of sp³-hybridized carbons (Fsp3) is 0.333. The number of thiophene rings is 1. The minimum absolute atomic E-state index is 0.272. The Kier molecular flexibility index (Phi) is 3.48. The van der Waals surface area contributed by atoms with Crippen molar-refractivity contribution >= 4 is 17.2 Å². The van der Waals surface area contributed by atoms with E-state index in [0.29, 0.717) is 10.6 Å². The molecule has 1 amide bonds. The highest BCUT2D eigenvalue weighted by atomic mass is 32.1. The number of nitriles is 1. The van der Waals surface area contributed by atoms with Gasteiger partial charge in [-0.05, 0) is 18.4 Å². The molecule has 1 aromatic rings. The number of ether oxygens (including phenoxy) is 1. The van der Waals surface area contributed by atoms with Gasteiger partial charge in [0.25, 0.3) is 5.91 Å². The zero-order valence-electron chi connectivity index (χ0n) is 7.90. The lowest BCUT2D eigenvalue weighted by Gasteiger charge is -2.05. The number of nitrogens with one attached hydrogen (secondary N) is 1. The second-order valence-corrected chi connectivity index (χ2v) is 3.56. The van der Waals surface area contributed by atoms with E-state index in [1.165, 1.54) is 18.4 Å². The third kappa shape index (κ3) is 2.24. The van der Waals surface area contributed by atoms with Crippen LogP contribution in [0.15, 0.2) is 11.4 Å². The first-order valence-corrected chi connectivity index (χ1v) is 4.89. The van der Waals surface area contributed by atoms with Crippen LogP contribution in [0.3, 0.4) is 0 Å². The standard InChI is InChI=1S/C9H10N2O2S/c1-6(5-10)11-9(12)8-7(13-2)3-4-14-8/h3-4,6H,1-2H3,(H,11,12). The molecule has 5 heteroatoms. The van der Waals surface area contributed by atoms with Crippen molar-refractivity contribution in [3.8, 4) is 11.8 Å². The van der Waals surface area contributed by atoms with Crippen LogP contribution in [0.1, 0.15) is 16.6 Å². The van der Waals surface area contributed by atoms with Crippen molar-refractivity contribution in [2.24, 2.45) is 0 Å². The van der Waals surface area contributed by atoms with Crippen LogP contribution in [0, 0.1) is 11.3 Å². The number of amides is 1. The summed E-state index contributed by atoms with van der Waals surface area (Å²) in [6.45, 7) is 1.62. The molecular weight excluding hydrogens is 200 g/mol. The Morgan fingerprint density at radius 1 is 1.79 bits per heavy atom. The summed E-state index contributed by atoms with van der Waals surface area (Å²) < 4.78 is 4.99. The van der Waals surface area contributed by atoms with E-state index in [9.17, 15) is 4.79 Å². The molecule has 0 aliphatic heterocycles. The molecule has 1 atom stereocenters. The molecule has 74 valence electrons. The highest BCUT2D eigenvalue weighted by molar-refractivity contribution is 7.12. The van der Waals surface area contributed by atoms with Gasteiger partial charge in [-0.3, -0.25) is 4.79 Å². The fourth-order valence-electron chi connectivity index (χ4n) is 0.918. The molecule has 0 aromatic carbocycles. The van der Waals surface area contributed by atoms with Crippen molar-refractivity contribution in [2.75, 3.05) is 7.11 Å². The Morgan fingerprint density at radius 2 is 2.50 bits per heavy atom. The van der Waals surface area contributed by atoms with Gasteiger partial charge in [0.1, 0.15) is 16.7 Å². The molecular formula is C9H10N2O2S. The Bertz CT molecular complexity index is 367. The van der Waals surface area contributed by atoms with Gasteiger partial charge in [0.2, 0.25) is 0 Å². The van der Waals surface area contributed by atoms with Crippen molar-refractivity contribution < 1.29 is 9.53 Å². The predicted molar refractivity (Wildman–Crippen MR) is 53.4 cm³/mol. The summed E-state index contributed by atoms with van der Waals surface area (Å²) in [5.74, 6) is 0.267. The number of carbonyl (C=O) groups excluding carboxylic acids is 1. The van der Waals surface area contributed by atoms with Crippen LogP contribution >= 0.6 is 11.3 Å². The maximum atomic E-state index is 11.5. The van der Waals surface area contributed by atoms with Crippen LogP contribution in [0.4, 0.5) is 0 Å². The normalized spacial score (nSPS) is 11.5. The Balaban J connectivity index is 2.75. The van der Waals surface area contributed by atoms with E-state index in [1.54, 1.807) is 18.4 Å². The summed E-state index contributed by atoms with van der Waals surface area (Å²) in [5, 5.41) is 12.8. The fourth-order valence-corrected chi connectivity index (χ4v) is 1.68. The van der Waals surface area contributed by atoms with Crippen molar-refractivity contribution in [2.45, 2.75) is 13.0 Å². The highest BCUT2D eigenvalue weighted by Gasteiger charge is 2.15. The maximum Gasteiger partial charge on any atom is 0.266 e. The molecule has 0 radical (unpaired) electrons. The number of hydrogen-bond donors (Lipinski definition) is 1. The minimum atomic E-state index is -0.491. The molecule has 0 aliphatic carbocycles. The topological polar surface area (TPSA) is 62.1 Å². The summed E-state index contributed by atoms with van der Waals surface area (Å²) in [5.41, 5.74) is 0. The largest absolute Gasteiger partial charge is 0.495 e. The third-order valence-corrected chi connectivity index (χ3v) is 2.49. The van der Waals surface area contributed by atoms with E-state index >= 15 is 0 Å².